The van der Waals surface area contributed by atoms with Crippen molar-refractivity contribution >= 4 is 55.4 Å². The van der Waals surface area contributed by atoms with Gasteiger partial charge in [-0.1, -0.05) is 35.0 Å². The van der Waals surface area contributed by atoms with Crippen LogP contribution >= 0.6 is 38.4 Å². The van der Waals surface area contributed by atoms with Crippen molar-refractivity contribution in [2.75, 3.05) is 11.9 Å². The maximum atomic E-state index is 13.7. The zero-order valence-electron chi connectivity index (χ0n) is 18.8. The molecule has 0 bridgehead atoms. The van der Waals surface area contributed by atoms with Gasteiger partial charge in [-0.2, -0.15) is 18.7 Å². The maximum Gasteiger partial charge on any atom is 0.443 e. The molecule has 2 heterocycles. The zero-order chi connectivity index (χ0) is 28.0. The van der Waals surface area contributed by atoms with E-state index in [1.807, 2.05) is 0 Å². The van der Waals surface area contributed by atoms with Crippen LogP contribution in [0.3, 0.4) is 0 Å². The number of fused-ring (bicyclic) bond motifs is 1. The third-order valence-electron chi connectivity index (χ3n) is 5.94. The molecule has 1 fully saturated rings. The first-order valence-corrected chi connectivity index (χ1v) is 14.6. The number of alkyl halides is 2. The number of hydrogen-bond donors (Lipinski definition) is 6. The van der Waals surface area contributed by atoms with Crippen LogP contribution in [0.4, 0.5) is 14.6 Å². The predicted octanol–water partition coefficient (Wildman–Crippen LogP) is 2.35. The summed E-state index contributed by atoms with van der Waals surface area (Å²) in [6.45, 7) is -0.801. The lowest BCUT2D eigenvalue weighted by Crippen LogP contribution is -2.31. The molecule has 0 spiro atoms. The summed E-state index contributed by atoms with van der Waals surface area (Å²) in [6, 6.07) is 5.97. The fourth-order valence-corrected chi connectivity index (χ4v) is 6.32. The molecule has 0 amide bonds. The molecule has 2 aromatic heterocycles. The van der Waals surface area contributed by atoms with Crippen LogP contribution in [0.2, 0.25) is 10.3 Å². The Labute approximate surface area is 222 Å². The third kappa shape index (κ3) is 5.43. The highest BCUT2D eigenvalue weighted by molar-refractivity contribution is 7.72. The summed E-state index contributed by atoms with van der Waals surface area (Å²) in [5.74, 6) is -1.03. The minimum absolute atomic E-state index is 0.0466. The number of rotatable bonds is 9. The van der Waals surface area contributed by atoms with E-state index in [4.69, 9.17) is 33.0 Å². The lowest BCUT2D eigenvalue weighted by atomic mass is 10.1. The van der Waals surface area contributed by atoms with E-state index in [9.17, 15) is 33.0 Å². The van der Waals surface area contributed by atoms with Gasteiger partial charge in [0.05, 0.1) is 18.8 Å². The summed E-state index contributed by atoms with van der Waals surface area (Å²) >= 11 is 12.2. The van der Waals surface area contributed by atoms with Gasteiger partial charge in [-0.25, -0.2) is 4.68 Å². The highest BCUT2D eigenvalue weighted by Crippen LogP contribution is 2.73. The molecule has 6 N–H and O–H groups in total. The number of aliphatic hydroxyl groups excluding tert-OH is 2. The molecule has 20 heteroatoms. The number of nitrogens with one attached hydrogen (secondary N) is 1. The average molecular weight is 619 g/mol. The lowest BCUT2D eigenvalue weighted by Gasteiger charge is -2.24. The molecule has 1 aliphatic carbocycles. The Morgan fingerprint density at radius 2 is 1.82 bits per heavy atom. The van der Waals surface area contributed by atoms with Crippen LogP contribution < -0.4 is 5.32 Å². The topological polar surface area (TPSA) is 213 Å². The van der Waals surface area contributed by atoms with Crippen molar-refractivity contribution in [3.05, 3.63) is 40.1 Å². The van der Waals surface area contributed by atoms with Gasteiger partial charge in [-0.15, -0.1) is 5.10 Å². The number of aromatic nitrogens is 5. The quantitative estimate of drug-likeness (QED) is 0.150. The molecule has 14 nitrogen and oxygen atoms in total. The molecule has 0 saturated heterocycles. The first-order valence-electron chi connectivity index (χ1n) is 10.7. The van der Waals surface area contributed by atoms with Crippen LogP contribution in [0.25, 0.3) is 11.2 Å². The van der Waals surface area contributed by atoms with E-state index in [0.29, 0.717) is 5.02 Å². The second-order valence-electron chi connectivity index (χ2n) is 8.41. The minimum Gasteiger partial charge on any atom is -0.390 e. The number of benzene rings is 1. The normalized spacial score (nSPS) is 24.0. The fraction of sp³-hybridized carbons (Fsp3) is 0.444. The van der Waals surface area contributed by atoms with Gasteiger partial charge in [-0.05, 0) is 29.7 Å². The summed E-state index contributed by atoms with van der Waals surface area (Å²) in [5.41, 5.74) is 0.932. The minimum atomic E-state index is -6.34. The van der Waals surface area contributed by atoms with E-state index in [-0.39, 0.29) is 35.2 Å². The highest BCUT2D eigenvalue weighted by atomic mass is 35.5. The zero-order valence-corrected chi connectivity index (χ0v) is 22.1. The van der Waals surface area contributed by atoms with Crippen molar-refractivity contribution in [3.63, 3.8) is 0 Å². The Hall–Kier alpha value is -1.84. The van der Waals surface area contributed by atoms with Crippen LogP contribution in [0.15, 0.2) is 24.3 Å². The number of nitrogens with zero attached hydrogens (tertiary/aromatic N) is 5. The van der Waals surface area contributed by atoms with Crippen LogP contribution in [0, 0.1) is 5.92 Å². The molecule has 1 unspecified atom stereocenters. The molecule has 3 aromatic rings. The number of aliphatic hydroxyl groups is 2. The predicted molar refractivity (Wildman–Crippen MR) is 129 cm³/mol. The van der Waals surface area contributed by atoms with E-state index >= 15 is 0 Å². The molecule has 4 rings (SSSR count). The van der Waals surface area contributed by atoms with Crippen molar-refractivity contribution in [2.45, 2.75) is 36.6 Å². The SMILES string of the molecule is O=P(O)(O)C(F)(F)P(=O)(O)OC[C@H]1C[C@@H](n2nnc3c(NCc4ccccc4Cl)nc(Cl)nc32)[C@H](O)[C@@H]1O. The summed E-state index contributed by atoms with van der Waals surface area (Å²) in [5, 5.41) is 26.9. The Bertz CT molecular complexity index is 1450. The summed E-state index contributed by atoms with van der Waals surface area (Å²) < 4.78 is 55.6. The molecule has 1 saturated carbocycles. The van der Waals surface area contributed by atoms with Gasteiger partial charge in [0.15, 0.2) is 17.0 Å². The summed E-state index contributed by atoms with van der Waals surface area (Å²) in [4.78, 5) is 35.0. The van der Waals surface area contributed by atoms with Crippen molar-refractivity contribution < 1.29 is 47.3 Å². The van der Waals surface area contributed by atoms with E-state index < -0.39 is 51.4 Å². The number of hydrogen-bond acceptors (Lipinski definition) is 10. The Kier molecular flexibility index (Phi) is 8.15. The van der Waals surface area contributed by atoms with Gasteiger partial charge in [0, 0.05) is 17.5 Å². The Balaban J connectivity index is 1.55. The molecule has 1 aromatic carbocycles. The fourth-order valence-electron chi connectivity index (χ4n) is 3.92. The van der Waals surface area contributed by atoms with Gasteiger partial charge in [0.25, 0.3) is 0 Å². The van der Waals surface area contributed by atoms with E-state index in [0.717, 1.165) is 10.2 Å². The van der Waals surface area contributed by atoms with Gasteiger partial charge < -0.3 is 34.7 Å². The average Bonchev–Trinajstić information content (AvgIpc) is 3.37. The molecule has 38 heavy (non-hydrogen) atoms. The molecular formula is C18H20Cl2F2N6O8P2. The Morgan fingerprint density at radius 1 is 1.13 bits per heavy atom. The smallest absolute Gasteiger partial charge is 0.390 e. The molecular weight excluding hydrogens is 599 g/mol. The second kappa shape index (κ2) is 10.6. The summed E-state index contributed by atoms with van der Waals surface area (Å²) in [6.07, 6.45) is -3.47. The lowest BCUT2D eigenvalue weighted by molar-refractivity contribution is -0.00594. The van der Waals surface area contributed by atoms with Crippen molar-refractivity contribution in [2.24, 2.45) is 5.92 Å². The first-order chi connectivity index (χ1) is 17.6. The highest BCUT2D eigenvalue weighted by Gasteiger charge is 2.65. The van der Waals surface area contributed by atoms with Crippen molar-refractivity contribution in [3.8, 4) is 0 Å². The van der Waals surface area contributed by atoms with Crippen molar-refractivity contribution in [1.29, 1.82) is 0 Å². The number of halogens is 4. The molecule has 5 atom stereocenters. The Morgan fingerprint density at radius 3 is 2.47 bits per heavy atom. The molecule has 0 radical (unpaired) electrons. The van der Waals surface area contributed by atoms with E-state index in [1.165, 1.54) is 0 Å². The van der Waals surface area contributed by atoms with Gasteiger partial charge in [-0.3, -0.25) is 9.13 Å². The van der Waals surface area contributed by atoms with Gasteiger partial charge in [0.2, 0.25) is 5.28 Å². The maximum absolute atomic E-state index is 13.7. The first kappa shape index (κ1) is 29.2. The van der Waals surface area contributed by atoms with Gasteiger partial charge in [0.1, 0.15) is 6.10 Å². The molecule has 208 valence electrons. The van der Waals surface area contributed by atoms with Crippen molar-refractivity contribution in [1.82, 2.24) is 25.0 Å². The standard InChI is InChI=1S/C18H20Cl2F2N6O8P2/c19-10-4-2-1-3-8(10)6-23-15-12-16(25-17(20)24-15)28(27-26-12)11-5-9(13(29)14(11)30)7-36-38(34,35)18(21,22)37(31,32)33/h1-4,9,11,13-14,29-30H,5-7H2,(H,34,35)(H,23,24,25)(H2,31,32,33)/t9-,11-,13-,14+/m1/s1. The van der Waals surface area contributed by atoms with Crippen LogP contribution in [-0.2, 0) is 20.2 Å². The second-order valence-corrected chi connectivity index (χ2v) is 13.0. The van der Waals surface area contributed by atoms with Crippen LogP contribution in [0.1, 0.15) is 18.0 Å². The van der Waals surface area contributed by atoms with Crippen LogP contribution in [-0.4, -0.2) is 74.1 Å². The third-order valence-corrected chi connectivity index (χ3v) is 9.90. The van der Waals surface area contributed by atoms with Crippen LogP contribution in [0.5, 0.6) is 0 Å². The van der Waals surface area contributed by atoms with Gasteiger partial charge >= 0.3 is 20.6 Å². The largest absolute Gasteiger partial charge is 0.443 e. The molecule has 1 aliphatic rings. The summed E-state index contributed by atoms with van der Waals surface area (Å²) in [7, 11) is -12.5. The molecule has 0 aliphatic heterocycles. The monoisotopic (exact) mass is 618 g/mol. The number of anilines is 1. The van der Waals surface area contributed by atoms with E-state index in [1.54, 1.807) is 24.3 Å². The van der Waals surface area contributed by atoms with E-state index in [2.05, 4.69) is 30.1 Å².